The Morgan fingerprint density at radius 1 is 1.03 bits per heavy atom. The zero-order valence-electron chi connectivity index (χ0n) is 18.1. The van der Waals surface area contributed by atoms with Crippen LogP contribution in [-0.2, 0) is 16.6 Å². The molecule has 4 rings (SSSR count). The van der Waals surface area contributed by atoms with Gasteiger partial charge in [0.15, 0.2) is 4.80 Å². The van der Waals surface area contributed by atoms with Gasteiger partial charge in [-0.1, -0.05) is 44.2 Å². The van der Waals surface area contributed by atoms with Crippen molar-refractivity contribution in [3.63, 3.8) is 0 Å². The summed E-state index contributed by atoms with van der Waals surface area (Å²) in [5.41, 5.74) is 3.00. The number of aromatic nitrogens is 1. The minimum Gasteiger partial charge on any atom is -0.316 e. The van der Waals surface area contributed by atoms with Crippen molar-refractivity contribution in [1.82, 2.24) is 8.87 Å². The lowest BCUT2D eigenvalue weighted by Crippen LogP contribution is -2.37. The number of hydrogen-bond donors (Lipinski definition) is 0. The van der Waals surface area contributed by atoms with Gasteiger partial charge in [0.05, 0.1) is 16.3 Å². The number of nitrogens with zero attached hydrogens (tertiary/aromatic N) is 3. The number of sulfonamides is 1. The Kier molecular flexibility index (Phi) is 6.74. The van der Waals surface area contributed by atoms with Crippen molar-refractivity contribution in [2.24, 2.45) is 10.9 Å². The van der Waals surface area contributed by atoms with Gasteiger partial charge < -0.3 is 4.57 Å². The molecule has 1 saturated heterocycles. The van der Waals surface area contributed by atoms with Crippen LogP contribution in [0, 0.1) is 5.92 Å². The first kappa shape index (κ1) is 22.0. The predicted octanol–water partition coefficient (Wildman–Crippen LogP) is 5.28. The van der Waals surface area contributed by atoms with Crippen LogP contribution in [0.4, 0.5) is 5.69 Å². The monoisotopic (exact) mass is 455 g/mol. The molecule has 5 nitrogen and oxygen atoms in total. The molecular weight excluding hydrogens is 426 g/mol. The van der Waals surface area contributed by atoms with Gasteiger partial charge in [-0.15, -0.1) is 11.3 Å². The first-order valence-corrected chi connectivity index (χ1v) is 13.2. The van der Waals surface area contributed by atoms with E-state index in [1.807, 2.05) is 42.5 Å². The average Bonchev–Trinajstić information content (AvgIpc) is 3.17. The highest BCUT2D eigenvalue weighted by atomic mass is 32.2. The van der Waals surface area contributed by atoms with E-state index >= 15 is 0 Å². The minimum absolute atomic E-state index is 0.372. The average molecular weight is 456 g/mol. The van der Waals surface area contributed by atoms with E-state index in [9.17, 15) is 8.42 Å². The van der Waals surface area contributed by atoms with E-state index in [1.165, 1.54) is 0 Å². The van der Waals surface area contributed by atoms with Crippen molar-refractivity contribution < 1.29 is 8.42 Å². The van der Waals surface area contributed by atoms with Gasteiger partial charge in [-0.05, 0) is 55.0 Å². The number of rotatable bonds is 6. The summed E-state index contributed by atoms with van der Waals surface area (Å²) in [7, 11) is -3.43. The Morgan fingerprint density at radius 2 is 1.71 bits per heavy atom. The fourth-order valence-electron chi connectivity index (χ4n) is 3.87. The summed E-state index contributed by atoms with van der Waals surface area (Å²) < 4.78 is 29.9. The van der Waals surface area contributed by atoms with Crippen LogP contribution in [0.2, 0.25) is 0 Å². The van der Waals surface area contributed by atoms with Crippen molar-refractivity contribution in [1.29, 1.82) is 0 Å². The van der Waals surface area contributed by atoms with Crippen LogP contribution >= 0.6 is 11.3 Å². The van der Waals surface area contributed by atoms with Crippen LogP contribution in [-0.4, -0.2) is 30.4 Å². The summed E-state index contributed by atoms with van der Waals surface area (Å²) in [4.78, 5) is 6.13. The Balaban J connectivity index is 1.64. The molecule has 0 saturated carbocycles. The van der Waals surface area contributed by atoms with E-state index in [0.717, 1.165) is 47.6 Å². The number of piperidine rings is 1. The molecule has 0 unspecified atom stereocenters. The number of hydrogen-bond acceptors (Lipinski definition) is 4. The molecule has 2 heterocycles. The van der Waals surface area contributed by atoms with Gasteiger partial charge in [0, 0.05) is 25.0 Å². The quantitative estimate of drug-likeness (QED) is 0.508. The second kappa shape index (κ2) is 9.51. The summed E-state index contributed by atoms with van der Waals surface area (Å²) >= 11 is 1.61. The van der Waals surface area contributed by atoms with E-state index in [0.29, 0.717) is 23.9 Å². The molecule has 1 aromatic heterocycles. The molecule has 1 aliphatic heterocycles. The highest BCUT2D eigenvalue weighted by Gasteiger charge is 2.28. The smallest absolute Gasteiger partial charge is 0.243 e. The third-order valence-electron chi connectivity index (χ3n) is 5.76. The molecule has 0 spiro atoms. The number of para-hydroxylation sites is 1. The lowest BCUT2D eigenvalue weighted by atomic mass is 10.0. The van der Waals surface area contributed by atoms with Gasteiger partial charge in [0.2, 0.25) is 10.0 Å². The molecule has 0 N–H and O–H groups in total. The van der Waals surface area contributed by atoms with Crippen molar-refractivity contribution in [3.8, 4) is 11.3 Å². The SMILES string of the molecule is CCCn1c(-c2ccc(S(=O)(=O)N3CCC(C)CC3)cc2)csc1=Nc1ccccc1. The third-order valence-corrected chi connectivity index (χ3v) is 8.53. The lowest BCUT2D eigenvalue weighted by Gasteiger charge is -2.29. The van der Waals surface area contributed by atoms with Gasteiger partial charge in [-0.3, -0.25) is 0 Å². The second-order valence-corrected chi connectivity index (χ2v) is 10.9. The zero-order chi connectivity index (χ0) is 21.8. The molecular formula is C24H29N3O2S2. The fraction of sp³-hybridized carbons (Fsp3) is 0.375. The standard InChI is InChI=1S/C24H29N3O2S2/c1-3-15-27-23(18-30-24(27)25-21-7-5-4-6-8-21)20-9-11-22(12-10-20)31(28,29)26-16-13-19(2)14-17-26/h4-12,18-19H,3,13-17H2,1-2H3. The van der Waals surface area contributed by atoms with E-state index in [2.05, 4.69) is 23.8 Å². The molecule has 31 heavy (non-hydrogen) atoms. The van der Waals surface area contributed by atoms with Crippen molar-refractivity contribution in [2.75, 3.05) is 13.1 Å². The zero-order valence-corrected chi connectivity index (χ0v) is 19.7. The molecule has 7 heteroatoms. The maximum absolute atomic E-state index is 13.0. The van der Waals surface area contributed by atoms with E-state index < -0.39 is 10.0 Å². The Hall–Kier alpha value is -2.22. The van der Waals surface area contributed by atoms with Gasteiger partial charge in [0.25, 0.3) is 0 Å². The summed E-state index contributed by atoms with van der Waals surface area (Å²) in [5.74, 6) is 0.594. The van der Waals surface area contributed by atoms with Gasteiger partial charge in [-0.25, -0.2) is 13.4 Å². The fourth-order valence-corrected chi connectivity index (χ4v) is 6.30. The molecule has 1 fully saturated rings. The second-order valence-electron chi connectivity index (χ2n) is 8.11. The predicted molar refractivity (Wildman–Crippen MR) is 127 cm³/mol. The molecule has 1 aliphatic rings. The van der Waals surface area contributed by atoms with Crippen molar-refractivity contribution >= 4 is 27.0 Å². The maximum Gasteiger partial charge on any atom is 0.243 e. The largest absolute Gasteiger partial charge is 0.316 e. The minimum atomic E-state index is -3.43. The molecule has 0 amide bonds. The molecule has 0 atom stereocenters. The van der Waals surface area contributed by atoms with Crippen LogP contribution in [0.15, 0.2) is 69.9 Å². The molecule has 164 valence electrons. The summed E-state index contributed by atoms with van der Waals surface area (Å²) in [6.07, 6.45) is 2.85. The molecule has 3 aromatic rings. The van der Waals surface area contributed by atoms with Crippen molar-refractivity contribution in [2.45, 2.75) is 44.6 Å². The Morgan fingerprint density at radius 3 is 2.35 bits per heavy atom. The van der Waals surface area contributed by atoms with Gasteiger partial charge >= 0.3 is 0 Å². The maximum atomic E-state index is 13.0. The van der Waals surface area contributed by atoms with E-state index in [4.69, 9.17) is 4.99 Å². The van der Waals surface area contributed by atoms with Crippen LogP contribution < -0.4 is 4.80 Å². The highest BCUT2D eigenvalue weighted by Crippen LogP contribution is 2.27. The number of benzene rings is 2. The van der Waals surface area contributed by atoms with Crippen molar-refractivity contribution in [3.05, 3.63) is 64.8 Å². The molecule has 0 aliphatic carbocycles. The summed E-state index contributed by atoms with van der Waals surface area (Å²) in [6, 6.07) is 17.3. The Labute approximate surface area is 188 Å². The first-order valence-electron chi connectivity index (χ1n) is 10.9. The topological polar surface area (TPSA) is 54.7 Å². The Bertz CT molecular complexity index is 1170. The molecule has 2 aromatic carbocycles. The molecule has 0 radical (unpaired) electrons. The van der Waals surface area contributed by atoms with Crippen LogP contribution in [0.3, 0.4) is 0 Å². The van der Waals surface area contributed by atoms with Gasteiger partial charge in [-0.2, -0.15) is 4.31 Å². The van der Waals surface area contributed by atoms with Crippen LogP contribution in [0.25, 0.3) is 11.3 Å². The third kappa shape index (κ3) is 4.84. The van der Waals surface area contributed by atoms with Gasteiger partial charge in [0.1, 0.15) is 0 Å². The molecule has 0 bridgehead atoms. The van der Waals surface area contributed by atoms with Crippen LogP contribution in [0.1, 0.15) is 33.1 Å². The first-order chi connectivity index (χ1) is 15.0. The van der Waals surface area contributed by atoms with E-state index in [1.54, 1.807) is 27.8 Å². The summed E-state index contributed by atoms with van der Waals surface area (Å²) in [6.45, 7) is 6.41. The highest BCUT2D eigenvalue weighted by molar-refractivity contribution is 7.89. The normalized spacial score (nSPS) is 16.6. The summed E-state index contributed by atoms with van der Waals surface area (Å²) in [5, 5.41) is 2.10. The number of thiazole rings is 1. The van der Waals surface area contributed by atoms with E-state index in [-0.39, 0.29) is 0 Å². The van der Waals surface area contributed by atoms with Crippen LogP contribution in [0.5, 0.6) is 0 Å². The lowest BCUT2D eigenvalue weighted by molar-refractivity contribution is 0.288.